The van der Waals surface area contributed by atoms with Crippen LogP contribution in [0.4, 0.5) is 0 Å². The van der Waals surface area contributed by atoms with Gasteiger partial charge in [0.05, 0.1) is 0 Å². The lowest BCUT2D eigenvalue weighted by molar-refractivity contribution is 0.420. The normalized spacial score (nSPS) is 20.9. The molecule has 1 unspecified atom stereocenters. The van der Waals surface area contributed by atoms with Crippen molar-refractivity contribution in [3.8, 4) is 0 Å². The molecule has 0 saturated carbocycles. The topological polar surface area (TPSA) is 12.0 Å². The SMILES string of the molecule is [CH]1CCNC(CCCCc2ccccc2)C1. The van der Waals surface area contributed by atoms with Crippen molar-refractivity contribution in [2.24, 2.45) is 0 Å². The van der Waals surface area contributed by atoms with E-state index in [1.165, 1.54) is 50.6 Å². The van der Waals surface area contributed by atoms with E-state index in [1.807, 2.05) is 0 Å². The van der Waals surface area contributed by atoms with E-state index >= 15 is 0 Å². The van der Waals surface area contributed by atoms with E-state index in [2.05, 4.69) is 42.1 Å². The van der Waals surface area contributed by atoms with Gasteiger partial charge in [0.2, 0.25) is 0 Å². The molecule has 1 heteroatoms. The first kappa shape index (κ1) is 11.7. The van der Waals surface area contributed by atoms with Crippen molar-refractivity contribution in [3.05, 3.63) is 42.3 Å². The first-order valence-electron chi connectivity index (χ1n) is 6.54. The number of benzene rings is 1. The molecule has 1 aromatic carbocycles. The maximum absolute atomic E-state index is 3.59. The molecule has 87 valence electrons. The fraction of sp³-hybridized carbons (Fsp3) is 0.533. The molecule has 1 saturated heterocycles. The summed E-state index contributed by atoms with van der Waals surface area (Å²) in [5.41, 5.74) is 1.48. The van der Waals surface area contributed by atoms with Gasteiger partial charge in [-0.3, -0.25) is 0 Å². The van der Waals surface area contributed by atoms with Gasteiger partial charge in [0.15, 0.2) is 0 Å². The number of hydrogen-bond donors (Lipinski definition) is 1. The Hall–Kier alpha value is -0.820. The van der Waals surface area contributed by atoms with Gasteiger partial charge < -0.3 is 5.32 Å². The van der Waals surface area contributed by atoms with Crippen LogP contribution in [-0.4, -0.2) is 12.6 Å². The molecule has 1 aromatic rings. The minimum Gasteiger partial charge on any atom is -0.314 e. The Morgan fingerprint density at radius 1 is 1.12 bits per heavy atom. The molecule has 1 atom stereocenters. The second-order valence-electron chi connectivity index (χ2n) is 4.70. The van der Waals surface area contributed by atoms with Crippen LogP contribution in [0.2, 0.25) is 0 Å². The van der Waals surface area contributed by atoms with Crippen LogP contribution in [0.1, 0.15) is 37.7 Å². The lowest BCUT2D eigenvalue weighted by Gasteiger charge is -2.23. The van der Waals surface area contributed by atoms with Gasteiger partial charge in [-0.15, -0.1) is 0 Å². The monoisotopic (exact) mass is 216 g/mol. The standard InChI is InChI=1S/C15H22N/c1-2-8-14(9-3-1)10-4-5-11-15-12-6-7-13-16-15/h1-3,6,8-9,15-16H,4-5,7,10-13H2. The van der Waals surface area contributed by atoms with Gasteiger partial charge in [0, 0.05) is 6.04 Å². The molecule has 1 heterocycles. The average molecular weight is 216 g/mol. The second kappa shape index (κ2) is 6.70. The highest BCUT2D eigenvalue weighted by Gasteiger charge is 2.11. The van der Waals surface area contributed by atoms with Gasteiger partial charge in [0.1, 0.15) is 0 Å². The fourth-order valence-corrected chi connectivity index (χ4v) is 2.38. The molecule has 0 aromatic heterocycles. The van der Waals surface area contributed by atoms with E-state index in [1.54, 1.807) is 0 Å². The minimum atomic E-state index is 0.754. The molecule has 1 fully saturated rings. The Labute approximate surface area is 99.3 Å². The van der Waals surface area contributed by atoms with Gasteiger partial charge >= 0.3 is 0 Å². The zero-order valence-corrected chi connectivity index (χ0v) is 9.99. The number of nitrogens with one attached hydrogen (secondary N) is 1. The van der Waals surface area contributed by atoms with Gasteiger partial charge in [-0.25, -0.2) is 0 Å². The summed E-state index contributed by atoms with van der Waals surface area (Å²) in [7, 11) is 0. The fourth-order valence-electron chi connectivity index (χ4n) is 2.38. The molecule has 1 aliphatic heterocycles. The van der Waals surface area contributed by atoms with Crippen molar-refractivity contribution in [1.82, 2.24) is 5.32 Å². The summed E-state index contributed by atoms with van der Waals surface area (Å²) in [5.74, 6) is 0. The highest BCUT2D eigenvalue weighted by molar-refractivity contribution is 5.14. The van der Waals surface area contributed by atoms with E-state index in [4.69, 9.17) is 0 Å². The van der Waals surface area contributed by atoms with Crippen LogP contribution < -0.4 is 5.32 Å². The molecule has 1 N–H and O–H groups in total. The molecule has 0 amide bonds. The van der Waals surface area contributed by atoms with Crippen LogP contribution in [0.5, 0.6) is 0 Å². The summed E-state index contributed by atoms with van der Waals surface area (Å²) in [6.45, 7) is 1.18. The average Bonchev–Trinajstić information content (AvgIpc) is 2.37. The maximum atomic E-state index is 3.59. The minimum absolute atomic E-state index is 0.754. The smallest absolute Gasteiger partial charge is 0.00698 e. The van der Waals surface area contributed by atoms with Crippen molar-refractivity contribution >= 4 is 0 Å². The lowest BCUT2D eigenvalue weighted by Crippen LogP contribution is -2.34. The summed E-state index contributed by atoms with van der Waals surface area (Å²) in [6, 6.07) is 11.6. The predicted molar refractivity (Wildman–Crippen MR) is 69.3 cm³/mol. The lowest BCUT2D eigenvalue weighted by atomic mass is 9.98. The molecule has 0 bridgehead atoms. The van der Waals surface area contributed by atoms with E-state index in [0.29, 0.717) is 0 Å². The van der Waals surface area contributed by atoms with E-state index in [9.17, 15) is 0 Å². The van der Waals surface area contributed by atoms with Crippen molar-refractivity contribution in [2.75, 3.05) is 6.54 Å². The zero-order valence-electron chi connectivity index (χ0n) is 9.99. The molecule has 1 aliphatic rings. The van der Waals surface area contributed by atoms with Crippen LogP contribution in [0, 0.1) is 6.42 Å². The van der Waals surface area contributed by atoms with Crippen LogP contribution in [0.15, 0.2) is 30.3 Å². The molecule has 1 radical (unpaired) electrons. The number of hydrogen-bond acceptors (Lipinski definition) is 1. The Balaban J connectivity index is 1.58. The summed E-state index contributed by atoms with van der Waals surface area (Å²) >= 11 is 0. The van der Waals surface area contributed by atoms with Gasteiger partial charge in [-0.05, 0) is 50.6 Å². The van der Waals surface area contributed by atoms with E-state index < -0.39 is 0 Å². The predicted octanol–water partition coefficient (Wildman–Crippen LogP) is 3.36. The highest BCUT2D eigenvalue weighted by atomic mass is 14.9. The van der Waals surface area contributed by atoms with Crippen molar-refractivity contribution in [3.63, 3.8) is 0 Å². The van der Waals surface area contributed by atoms with Crippen LogP contribution >= 0.6 is 0 Å². The molecule has 0 aliphatic carbocycles. The third kappa shape index (κ3) is 3.97. The maximum Gasteiger partial charge on any atom is 0.00698 e. The molecule has 2 rings (SSSR count). The Morgan fingerprint density at radius 2 is 2.00 bits per heavy atom. The summed E-state index contributed by atoms with van der Waals surface area (Å²) in [5, 5.41) is 3.59. The summed E-state index contributed by atoms with van der Waals surface area (Å²) in [4.78, 5) is 0. The first-order valence-corrected chi connectivity index (χ1v) is 6.54. The van der Waals surface area contributed by atoms with Crippen molar-refractivity contribution < 1.29 is 0 Å². The van der Waals surface area contributed by atoms with E-state index in [0.717, 1.165) is 6.04 Å². The van der Waals surface area contributed by atoms with Crippen LogP contribution in [0.25, 0.3) is 0 Å². The molecular formula is C15H22N. The number of unbranched alkanes of at least 4 members (excludes halogenated alkanes) is 1. The van der Waals surface area contributed by atoms with Gasteiger partial charge in [-0.1, -0.05) is 36.8 Å². The van der Waals surface area contributed by atoms with Crippen molar-refractivity contribution in [1.29, 1.82) is 0 Å². The molecular weight excluding hydrogens is 194 g/mol. The molecule has 0 spiro atoms. The zero-order chi connectivity index (χ0) is 11.1. The third-order valence-electron chi connectivity index (χ3n) is 3.34. The van der Waals surface area contributed by atoms with Crippen LogP contribution in [-0.2, 0) is 6.42 Å². The van der Waals surface area contributed by atoms with Crippen LogP contribution in [0.3, 0.4) is 0 Å². The second-order valence-corrected chi connectivity index (χ2v) is 4.70. The summed E-state index contributed by atoms with van der Waals surface area (Å²) < 4.78 is 0. The quantitative estimate of drug-likeness (QED) is 0.744. The van der Waals surface area contributed by atoms with Gasteiger partial charge in [-0.2, -0.15) is 0 Å². The largest absolute Gasteiger partial charge is 0.314 e. The van der Waals surface area contributed by atoms with Gasteiger partial charge in [0.25, 0.3) is 0 Å². The molecule has 1 nitrogen and oxygen atoms in total. The first-order chi connectivity index (χ1) is 7.95. The Bertz CT molecular complexity index is 275. The number of aryl methyl sites for hydroxylation is 1. The summed E-state index contributed by atoms with van der Waals surface area (Å²) in [6.07, 6.45) is 10.2. The number of rotatable bonds is 5. The molecule has 16 heavy (non-hydrogen) atoms. The third-order valence-corrected chi connectivity index (χ3v) is 3.34. The number of piperidine rings is 1. The van der Waals surface area contributed by atoms with E-state index in [-0.39, 0.29) is 0 Å². The van der Waals surface area contributed by atoms with Crippen molar-refractivity contribution in [2.45, 2.75) is 44.6 Å². The highest BCUT2D eigenvalue weighted by Crippen LogP contribution is 2.13. The Kier molecular flexibility index (Phi) is 4.88. The Morgan fingerprint density at radius 3 is 2.75 bits per heavy atom.